The van der Waals surface area contributed by atoms with Crippen molar-refractivity contribution in [3.8, 4) is 0 Å². The molecule has 0 aromatic heterocycles. The third kappa shape index (κ3) is 5.31. The molecule has 17 heavy (non-hydrogen) atoms. The standard InChI is InChI=1S/C14H19NO2/c1-2-3-4-5-10-15-11-12-6-8-13(9-7-12)14(16)17/h2,6-9,15H,1,3-5,10-11H2,(H,16,17). The van der Waals surface area contributed by atoms with Gasteiger partial charge in [0.05, 0.1) is 5.56 Å². The van der Waals surface area contributed by atoms with Gasteiger partial charge in [0.15, 0.2) is 0 Å². The summed E-state index contributed by atoms with van der Waals surface area (Å²) in [6.45, 7) is 5.45. The lowest BCUT2D eigenvalue weighted by atomic mass is 10.1. The number of aromatic carboxylic acids is 1. The van der Waals surface area contributed by atoms with Gasteiger partial charge >= 0.3 is 5.97 Å². The number of rotatable bonds is 8. The van der Waals surface area contributed by atoms with E-state index in [4.69, 9.17) is 5.11 Å². The van der Waals surface area contributed by atoms with Gasteiger partial charge in [0.25, 0.3) is 0 Å². The fraction of sp³-hybridized carbons (Fsp3) is 0.357. The molecule has 3 heteroatoms. The van der Waals surface area contributed by atoms with Crippen LogP contribution >= 0.6 is 0 Å². The number of allylic oxidation sites excluding steroid dienone is 1. The molecule has 3 nitrogen and oxygen atoms in total. The molecule has 2 N–H and O–H groups in total. The largest absolute Gasteiger partial charge is 0.478 e. The first-order chi connectivity index (χ1) is 8.24. The lowest BCUT2D eigenvalue weighted by Gasteiger charge is -2.04. The summed E-state index contributed by atoms with van der Waals surface area (Å²) in [5, 5.41) is 12.1. The summed E-state index contributed by atoms with van der Waals surface area (Å²) >= 11 is 0. The van der Waals surface area contributed by atoms with E-state index in [1.807, 2.05) is 18.2 Å². The molecule has 0 unspecified atom stereocenters. The van der Waals surface area contributed by atoms with E-state index in [1.54, 1.807) is 12.1 Å². The number of benzene rings is 1. The number of carboxylic acid groups (broad SMARTS) is 1. The van der Waals surface area contributed by atoms with Crippen LogP contribution in [0.4, 0.5) is 0 Å². The van der Waals surface area contributed by atoms with Crippen LogP contribution in [0.1, 0.15) is 35.2 Å². The summed E-state index contributed by atoms with van der Waals surface area (Å²) in [7, 11) is 0. The summed E-state index contributed by atoms with van der Waals surface area (Å²) in [6, 6.07) is 6.97. The van der Waals surface area contributed by atoms with E-state index >= 15 is 0 Å². The second-order valence-corrected chi connectivity index (χ2v) is 3.96. The molecule has 0 aliphatic heterocycles. The zero-order chi connectivity index (χ0) is 12.5. The molecule has 1 rings (SSSR count). The molecule has 92 valence electrons. The van der Waals surface area contributed by atoms with E-state index in [0.717, 1.165) is 37.9 Å². The minimum absolute atomic E-state index is 0.333. The van der Waals surface area contributed by atoms with E-state index in [-0.39, 0.29) is 0 Å². The Morgan fingerprint density at radius 3 is 2.59 bits per heavy atom. The average Bonchev–Trinajstić information content (AvgIpc) is 2.34. The van der Waals surface area contributed by atoms with E-state index < -0.39 is 5.97 Å². The SMILES string of the molecule is C=CCCCCNCc1ccc(C(=O)O)cc1. The molecule has 1 aromatic rings. The van der Waals surface area contributed by atoms with Gasteiger partial charge in [0, 0.05) is 6.54 Å². The van der Waals surface area contributed by atoms with Gasteiger partial charge in [-0.05, 0) is 43.5 Å². The first-order valence-corrected chi connectivity index (χ1v) is 5.88. The molecule has 0 bridgehead atoms. The quantitative estimate of drug-likeness (QED) is 0.536. The highest BCUT2D eigenvalue weighted by molar-refractivity contribution is 5.87. The van der Waals surface area contributed by atoms with Crippen molar-refractivity contribution in [1.29, 1.82) is 0 Å². The van der Waals surface area contributed by atoms with E-state index in [2.05, 4.69) is 11.9 Å². The monoisotopic (exact) mass is 233 g/mol. The van der Waals surface area contributed by atoms with Crippen LogP contribution < -0.4 is 5.32 Å². The summed E-state index contributed by atoms with van der Waals surface area (Å²) in [5.41, 5.74) is 1.44. The Kier molecular flexibility index (Phi) is 6.04. The molecule has 0 fully saturated rings. The van der Waals surface area contributed by atoms with Gasteiger partial charge in [0.2, 0.25) is 0 Å². The third-order valence-corrected chi connectivity index (χ3v) is 2.54. The Bertz CT molecular complexity index is 357. The molecule has 0 heterocycles. The maximum Gasteiger partial charge on any atom is 0.335 e. The Balaban J connectivity index is 2.23. The van der Waals surface area contributed by atoms with E-state index in [9.17, 15) is 4.79 Å². The first-order valence-electron chi connectivity index (χ1n) is 5.88. The fourth-order valence-corrected chi connectivity index (χ4v) is 1.54. The highest BCUT2D eigenvalue weighted by Crippen LogP contribution is 2.04. The lowest BCUT2D eigenvalue weighted by molar-refractivity contribution is 0.0697. The number of hydrogen-bond acceptors (Lipinski definition) is 2. The van der Waals surface area contributed by atoms with Crippen molar-refractivity contribution in [3.05, 3.63) is 48.0 Å². The maximum atomic E-state index is 10.6. The molecule has 0 radical (unpaired) electrons. The van der Waals surface area contributed by atoms with Crippen LogP contribution in [-0.4, -0.2) is 17.6 Å². The molecule has 0 saturated carbocycles. The minimum Gasteiger partial charge on any atom is -0.478 e. The highest BCUT2D eigenvalue weighted by atomic mass is 16.4. The van der Waals surface area contributed by atoms with Gasteiger partial charge in [-0.2, -0.15) is 0 Å². The second kappa shape index (κ2) is 7.63. The molecule has 0 aliphatic rings. The minimum atomic E-state index is -0.881. The Hall–Kier alpha value is -1.61. The third-order valence-electron chi connectivity index (χ3n) is 2.54. The number of hydrogen-bond donors (Lipinski definition) is 2. The molecular formula is C14H19NO2. The Morgan fingerprint density at radius 2 is 2.00 bits per heavy atom. The number of unbranched alkanes of at least 4 members (excludes halogenated alkanes) is 2. The van der Waals surface area contributed by atoms with Crippen LogP contribution in [-0.2, 0) is 6.54 Å². The summed E-state index contributed by atoms with van der Waals surface area (Å²) in [5.74, 6) is -0.881. The predicted molar refractivity (Wildman–Crippen MR) is 69.2 cm³/mol. The maximum absolute atomic E-state index is 10.6. The number of carboxylic acids is 1. The Morgan fingerprint density at radius 1 is 1.29 bits per heavy atom. The van der Waals surface area contributed by atoms with Crippen LogP contribution in [0, 0.1) is 0 Å². The van der Waals surface area contributed by atoms with Crippen molar-refractivity contribution in [2.45, 2.75) is 25.8 Å². The second-order valence-electron chi connectivity index (χ2n) is 3.96. The molecule has 0 amide bonds. The smallest absolute Gasteiger partial charge is 0.335 e. The summed E-state index contributed by atoms with van der Waals surface area (Å²) < 4.78 is 0. The molecule has 1 aromatic carbocycles. The highest BCUT2D eigenvalue weighted by Gasteiger charge is 2.00. The van der Waals surface area contributed by atoms with Crippen molar-refractivity contribution >= 4 is 5.97 Å². The van der Waals surface area contributed by atoms with Gasteiger partial charge in [-0.25, -0.2) is 4.79 Å². The van der Waals surface area contributed by atoms with Gasteiger partial charge in [-0.15, -0.1) is 6.58 Å². The number of nitrogens with one attached hydrogen (secondary N) is 1. The van der Waals surface area contributed by atoms with Crippen molar-refractivity contribution in [2.75, 3.05) is 6.54 Å². The van der Waals surface area contributed by atoms with Gasteiger partial charge in [-0.1, -0.05) is 18.2 Å². The predicted octanol–water partition coefficient (Wildman–Crippen LogP) is 2.83. The van der Waals surface area contributed by atoms with Crippen LogP contribution in [0.15, 0.2) is 36.9 Å². The molecular weight excluding hydrogens is 214 g/mol. The number of carbonyl (C=O) groups is 1. The van der Waals surface area contributed by atoms with E-state index in [0.29, 0.717) is 5.56 Å². The lowest BCUT2D eigenvalue weighted by Crippen LogP contribution is -2.14. The summed E-state index contributed by atoms with van der Waals surface area (Å²) in [6.07, 6.45) is 5.30. The van der Waals surface area contributed by atoms with Crippen LogP contribution in [0.5, 0.6) is 0 Å². The van der Waals surface area contributed by atoms with E-state index in [1.165, 1.54) is 0 Å². The van der Waals surface area contributed by atoms with Gasteiger partial charge < -0.3 is 10.4 Å². The normalized spacial score (nSPS) is 10.1. The first kappa shape index (κ1) is 13.5. The van der Waals surface area contributed by atoms with Gasteiger partial charge in [0.1, 0.15) is 0 Å². The topological polar surface area (TPSA) is 49.3 Å². The zero-order valence-electron chi connectivity index (χ0n) is 9.98. The molecule has 0 atom stereocenters. The zero-order valence-corrected chi connectivity index (χ0v) is 9.98. The average molecular weight is 233 g/mol. The van der Waals surface area contributed by atoms with Crippen LogP contribution in [0.2, 0.25) is 0 Å². The van der Waals surface area contributed by atoms with Crippen LogP contribution in [0.25, 0.3) is 0 Å². The molecule has 0 spiro atoms. The van der Waals surface area contributed by atoms with Crippen molar-refractivity contribution in [1.82, 2.24) is 5.32 Å². The van der Waals surface area contributed by atoms with Crippen molar-refractivity contribution in [3.63, 3.8) is 0 Å². The fourth-order valence-electron chi connectivity index (χ4n) is 1.54. The summed E-state index contributed by atoms with van der Waals surface area (Å²) in [4.78, 5) is 10.6. The van der Waals surface area contributed by atoms with Crippen LogP contribution in [0.3, 0.4) is 0 Å². The molecule has 0 saturated heterocycles. The Labute approximate surface area is 102 Å². The molecule has 0 aliphatic carbocycles. The van der Waals surface area contributed by atoms with Crippen molar-refractivity contribution < 1.29 is 9.90 Å². The van der Waals surface area contributed by atoms with Gasteiger partial charge in [-0.3, -0.25) is 0 Å². The van der Waals surface area contributed by atoms with Crippen molar-refractivity contribution in [2.24, 2.45) is 0 Å².